The van der Waals surface area contributed by atoms with Crippen LogP contribution in [0.5, 0.6) is 0 Å². The van der Waals surface area contributed by atoms with Crippen molar-refractivity contribution in [3.05, 3.63) is 41.5 Å². The van der Waals surface area contributed by atoms with Crippen LogP contribution in [0.15, 0.2) is 30.3 Å². The zero-order chi connectivity index (χ0) is 14.5. The summed E-state index contributed by atoms with van der Waals surface area (Å²) in [7, 11) is 0. The molecule has 0 aliphatic carbocycles. The molecule has 0 aliphatic heterocycles. The number of aliphatic hydroxyl groups excluding tert-OH is 1. The lowest BCUT2D eigenvalue weighted by atomic mass is 9.86. The smallest absolute Gasteiger partial charge is 0.152 e. The molecule has 104 valence electrons. The number of ketones is 1. The number of carbonyl (C=O) groups excluding carboxylic acids is 1. The number of aliphatic hydroxyl groups is 1. The number of hydrogen-bond acceptors (Lipinski definition) is 2. The van der Waals surface area contributed by atoms with Gasteiger partial charge in [-0.25, -0.2) is 0 Å². The van der Waals surface area contributed by atoms with Gasteiger partial charge in [-0.05, 0) is 48.0 Å². The van der Waals surface area contributed by atoms with Crippen LogP contribution in [0.1, 0.15) is 51.7 Å². The van der Waals surface area contributed by atoms with E-state index in [1.807, 2.05) is 0 Å². The van der Waals surface area contributed by atoms with Gasteiger partial charge in [0.2, 0.25) is 0 Å². The zero-order valence-electron chi connectivity index (χ0n) is 12.4. The van der Waals surface area contributed by atoms with Crippen LogP contribution in [0.2, 0.25) is 0 Å². The summed E-state index contributed by atoms with van der Waals surface area (Å²) >= 11 is 0. The molecule has 0 saturated heterocycles. The SMILES string of the molecule is CC(=O)/C=C(\CCCO)c1ccc(C(C)(C)C)cc1. The molecule has 0 amide bonds. The van der Waals surface area contributed by atoms with Gasteiger partial charge in [0.1, 0.15) is 0 Å². The molecule has 0 aromatic heterocycles. The Kier molecular flexibility index (Phi) is 5.49. The van der Waals surface area contributed by atoms with Gasteiger partial charge in [-0.1, -0.05) is 45.0 Å². The van der Waals surface area contributed by atoms with E-state index in [-0.39, 0.29) is 17.8 Å². The summed E-state index contributed by atoms with van der Waals surface area (Å²) in [6, 6.07) is 8.35. The van der Waals surface area contributed by atoms with Crippen LogP contribution >= 0.6 is 0 Å². The maximum absolute atomic E-state index is 11.3. The third-order valence-corrected chi connectivity index (χ3v) is 3.10. The lowest BCUT2D eigenvalue weighted by molar-refractivity contribution is -0.112. The van der Waals surface area contributed by atoms with Gasteiger partial charge in [0.15, 0.2) is 5.78 Å². The standard InChI is InChI=1S/C17H24O2/c1-13(19)12-15(6-5-11-18)14-7-9-16(10-8-14)17(2,3)4/h7-10,12,18H,5-6,11H2,1-4H3/b15-12+. The molecular formula is C17H24O2. The highest BCUT2D eigenvalue weighted by atomic mass is 16.2. The van der Waals surface area contributed by atoms with Gasteiger partial charge < -0.3 is 5.11 Å². The van der Waals surface area contributed by atoms with E-state index >= 15 is 0 Å². The third kappa shape index (κ3) is 4.99. The van der Waals surface area contributed by atoms with Crippen molar-refractivity contribution in [2.24, 2.45) is 0 Å². The molecule has 0 heterocycles. The summed E-state index contributed by atoms with van der Waals surface area (Å²) in [6.45, 7) is 8.25. The highest BCUT2D eigenvalue weighted by molar-refractivity contribution is 5.95. The molecule has 1 rings (SSSR count). The fourth-order valence-electron chi connectivity index (χ4n) is 2.00. The van der Waals surface area contributed by atoms with E-state index in [1.54, 1.807) is 13.0 Å². The summed E-state index contributed by atoms with van der Waals surface area (Å²) in [5, 5.41) is 8.93. The number of benzene rings is 1. The predicted octanol–water partition coefficient (Wildman–Crippen LogP) is 3.73. The largest absolute Gasteiger partial charge is 0.396 e. The Morgan fingerprint density at radius 2 is 1.79 bits per heavy atom. The molecule has 0 unspecified atom stereocenters. The van der Waals surface area contributed by atoms with Crippen molar-refractivity contribution in [2.45, 2.75) is 46.0 Å². The van der Waals surface area contributed by atoms with Crippen LogP contribution < -0.4 is 0 Å². The minimum atomic E-state index is 0.0489. The Hall–Kier alpha value is -1.41. The molecule has 19 heavy (non-hydrogen) atoms. The maximum Gasteiger partial charge on any atom is 0.152 e. The Labute approximate surface area is 116 Å². The van der Waals surface area contributed by atoms with Crippen LogP contribution in [0, 0.1) is 0 Å². The Balaban J connectivity index is 3.01. The van der Waals surface area contributed by atoms with Crippen LogP contribution in [0.4, 0.5) is 0 Å². The minimum Gasteiger partial charge on any atom is -0.396 e. The first-order chi connectivity index (χ1) is 8.84. The summed E-state index contributed by atoms with van der Waals surface area (Å²) in [6.07, 6.45) is 3.08. The summed E-state index contributed by atoms with van der Waals surface area (Å²) in [4.78, 5) is 11.3. The molecule has 2 heteroatoms. The van der Waals surface area contributed by atoms with Crippen molar-refractivity contribution in [2.75, 3.05) is 6.61 Å². The fraction of sp³-hybridized carbons (Fsp3) is 0.471. The highest BCUT2D eigenvalue weighted by Crippen LogP contribution is 2.26. The number of hydrogen-bond donors (Lipinski definition) is 1. The average molecular weight is 260 g/mol. The molecular weight excluding hydrogens is 236 g/mol. The van der Waals surface area contributed by atoms with Crippen LogP contribution in [-0.4, -0.2) is 17.5 Å². The first-order valence-electron chi connectivity index (χ1n) is 6.77. The normalized spacial score (nSPS) is 12.6. The summed E-state index contributed by atoms with van der Waals surface area (Å²) < 4.78 is 0. The van der Waals surface area contributed by atoms with E-state index in [1.165, 1.54) is 5.56 Å². The molecule has 0 radical (unpaired) electrons. The molecule has 1 aromatic carbocycles. The van der Waals surface area contributed by atoms with Gasteiger partial charge in [-0.15, -0.1) is 0 Å². The molecule has 2 nitrogen and oxygen atoms in total. The second-order valence-corrected chi connectivity index (χ2v) is 5.93. The van der Waals surface area contributed by atoms with E-state index in [0.29, 0.717) is 6.42 Å². The lowest BCUT2D eigenvalue weighted by Gasteiger charge is -2.19. The monoisotopic (exact) mass is 260 g/mol. The second kappa shape index (κ2) is 6.67. The first kappa shape index (κ1) is 15.6. The number of allylic oxidation sites excluding steroid dienone is 2. The van der Waals surface area contributed by atoms with Crippen molar-refractivity contribution >= 4 is 11.4 Å². The van der Waals surface area contributed by atoms with Crippen LogP contribution in [0.3, 0.4) is 0 Å². The van der Waals surface area contributed by atoms with Crippen molar-refractivity contribution in [1.82, 2.24) is 0 Å². The Morgan fingerprint density at radius 1 is 1.21 bits per heavy atom. The predicted molar refractivity (Wildman–Crippen MR) is 80.1 cm³/mol. The van der Waals surface area contributed by atoms with E-state index in [0.717, 1.165) is 17.6 Å². The van der Waals surface area contributed by atoms with E-state index in [9.17, 15) is 4.79 Å². The minimum absolute atomic E-state index is 0.0489. The van der Waals surface area contributed by atoms with E-state index in [4.69, 9.17) is 5.11 Å². The summed E-state index contributed by atoms with van der Waals surface area (Å²) in [5.74, 6) is 0.0489. The molecule has 0 aliphatic rings. The lowest BCUT2D eigenvalue weighted by Crippen LogP contribution is -2.10. The van der Waals surface area contributed by atoms with Gasteiger partial charge in [-0.3, -0.25) is 4.79 Å². The van der Waals surface area contributed by atoms with Gasteiger partial charge in [-0.2, -0.15) is 0 Å². The summed E-state index contributed by atoms with van der Waals surface area (Å²) in [5.41, 5.74) is 3.48. The van der Waals surface area contributed by atoms with Gasteiger partial charge >= 0.3 is 0 Å². The van der Waals surface area contributed by atoms with E-state index < -0.39 is 0 Å². The van der Waals surface area contributed by atoms with Crippen LogP contribution in [0.25, 0.3) is 5.57 Å². The molecule has 0 fully saturated rings. The zero-order valence-corrected chi connectivity index (χ0v) is 12.4. The Bertz CT molecular complexity index is 447. The topological polar surface area (TPSA) is 37.3 Å². The van der Waals surface area contributed by atoms with Crippen molar-refractivity contribution in [3.8, 4) is 0 Å². The van der Waals surface area contributed by atoms with Crippen molar-refractivity contribution in [3.63, 3.8) is 0 Å². The molecule has 0 atom stereocenters. The number of rotatable bonds is 5. The third-order valence-electron chi connectivity index (χ3n) is 3.10. The molecule has 0 saturated carbocycles. The van der Waals surface area contributed by atoms with Crippen molar-refractivity contribution < 1.29 is 9.90 Å². The maximum atomic E-state index is 11.3. The van der Waals surface area contributed by atoms with Crippen LogP contribution in [-0.2, 0) is 10.2 Å². The van der Waals surface area contributed by atoms with Gasteiger partial charge in [0, 0.05) is 6.61 Å². The quantitative estimate of drug-likeness (QED) is 0.819. The Morgan fingerprint density at radius 3 is 2.21 bits per heavy atom. The van der Waals surface area contributed by atoms with Gasteiger partial charge in [0.05, 0.1) is 0 Å². The molecule has 1 N–H and O–H groups in total. The first-order valence-corrected chi connectivity index (χ1v) is 6.77. The number of carbonyl (C=O) groups is 1. The molecule has 0 bridgehead atoms. The van der Waals surface area contributed by atoms with Crippen molar-refractivity contribution in [1.29, 1.82) is 0 Å². The molecule has 1 aromatic rings. The fourth-order valence-corrected chi connectivity index (χ4v) is 2.00. The molecule has 0 spiro atoms. The van der Waals surface area contributed by atoms with E-state index in [2.05, 4.69) is 45.0 Å². The highest BCUT2D eigenvalue weighted by Gasteiger charge is 2.13. The average Bonchev–Trinajstić information content (AvgIpc) is 2.33. The second-order valence-electron chi connectivity index (χ2n) is 5.93. The van der Waals surface area contributed by atoms with Gasteiger partial charge in [0.25, 0.3) is 0 Å².